The topological polar surface area (TPSA) is 55.8 Å². The van der Waals surface area contributed by atoms with E-state index in [4.69, 9.17) is 9.47 Å². The highest BCUT2D eigenvalue weighted by atomic mass is 16.7. The largest absolute Gasteiger partial charge is 0.389 e. The Hall–Kier alpha value is -0.710. The average Bonchev–Trinajstić information content (AvgIpc) is 3.62. The fraction of sp³-hybridized carbons (Fsp3) is 0.885. The van der Waals surface area contributed by atoms with Crippen molar-refractivity contribution < 1.29 is 19.4 Å². The fourth-order valence-electron chi connectivity index (χ4n) is 9.89. The number of fused-ring (bicyclic) bond motifs is 10. The van der Waals surface area contributed by atoms with Crippen LogP contribution in [0.5, 0.6) is 0 Å². The molecule has 6 fully saturated rings. The van der Waals surface area contributed by atoms with Crippen LogP contribution >= 0.6 is 0 Å². The van der Waals surface area contributed by atoms with Crippen LogP contribution < -0.4 is 0 Å². The highest BCUT2D eigenvalue weighted by molar-refractivity contribution is 5.92. The van der Waals surface area contributed by atoms with Crippen molar-refractivity contribution in [1.82, 2.24) is 0 Å². The van der Waals surface area contributed by atoms with Crippen LogP contribution in [-0.4, -0.2) is 36.0 Å². The van der Waals surface area contributed by atoms with E-state index in [1.165, 1.54) is 24.8 Å². The van der Waals surface area contributed by atoms with Gasteiger partial charge in [-0.05, 0) is 96.9 Å². The zero-order chi connectivity index (χ0) is 20.5. The molecule has 6 aliphatic carbocycles. The van der Waals surface area contributed by atoms with E-state index in [9.17, 15) is 9.90 Å². The van der Waals surface area contributed by atoms with Crippen LogP contribution in [0.25, 0.3) is 0 Å². The first kappa shape index (κ1) is 18.8. The molecular weight excluding hydrogens is 376 g/mol. The molecule has 4 heteroatoms. The van der Waals surface area contributed by atoms with E-state index >= 15 is 0 Å². The molecule has 7 rings (SSSR count). The molecule has 164 valence electrons. The quantitative estimate of drug-likeness (QED) is 0.758. The molecule has 1 aliphatic heterocycles. The van der Waals surface area contributed by atoms with Crippen LogP contribution in [-0.2, 0) is 14.3 Å². The third-order valence-electron chi connectivity index (χ3n) is 11.4. The molecule has 0 aromatic heterocycles. The summed E-state index contributed by atoms with van der Waals surface area (Å²) in [4.78, 5) is 12.2. The van der Waals surface area contributed by atoms with Crippen LogP contribution in [0.15, 0.2) is 11.6 Å². The molecule has 0 radical (unpaired) electrons. The minimum Gasteiger partial charge on any atom is -0.389 e. The van der Waals surface area contributed by atoms with Gasteiger partial charge in [0.25, 0.3) is 0 Å². The van der Waals surface area contributed by atoms with Gasteiger partial charge in [0.1, 0.15) is 0 Å². The van der Waals surface area contributed by atoms with Gasteiger partial charge in [0.2, 0.25) is 0 Å². The Kier molecular flexibility index (Phi) is 3.64. The number of hydrogen-bond donors (Lipinski definition) is 1. The Labute approximate surface area is 179 Å². The summed E-state index contributed by atoms with van der Waals surface area (Å²) in [6.45, 7) is 6.31. The number of ketones is 1. The SMILES string of the molecule is C[C@]12CCC(=O)C=C1[C@@H]1C[C@@H]1C1C2CC[C@@]2(C)C1C1C[C@@H]1[C@@]2(O)CCC1OCCO1. The van der Waals surface area contributed by atoms with E-state index in [1.54, 1.807) is 0 Å². The van der Waals surface area contributed by atoms with Crippen LogP contribution in [0.4, 0.5) is 0 Å². The van der Waals surface area contributed by atoms with Crippen molar-refractivity contribution in [3.05, 3.63) is 11.6 Å². The number of allylic oxidation sites excluding steroid dienone is 1. The number of rotatable bonds is 3. The molecule has 1 heterocycles. The van der Waals surface area contributed by atoms with E-state index in [0.717, 1.165) is 49.9 Å². The molecule has 30 heavy (non-hydrogen) atoms. The number of aliphatic hydroxyl groups is 1. The zero-order valence-corrected chi connectivity index (χ0v) is 18.4. The molecule has 10 atom stereocenters. The van der Waals surface area contributed by atoms with Gasteiger partial charge in [-0.15, -0.1) is 0 Å². The van der Waals surface area contributed by atoms with Crippen molar-refractivity contribution in [2.24, 2.45) is 52.3 Å². The van der Waals surface area contributed by atoms with E-state index in [-0.39, 0.29) is 17.1 Å². The summed E-state index contributed by atoms with van der Waals surface area (Å²) >= 11 is 0. The summed E-state index contributed by atoms with van der Waals surface area (Å²) in [7, 11) is 0. The Morgan fingerprint density at radius 1 is 1.10 bits per heavy atom. The molecule has 0 spiro atoms. The molecule has 7 aliphatic rings. The molecular formula is C26H36O4. The molecule has 0 aromatic rings. The van der Waals surface area contributed by atoms with Crippen LogP contribution in [0.2, 0.25) is 0 Å². The Morgan fingerprint density at radius 2 is 1.90 bits per heavy atom. The molecule has 0 aromatic carbocycles. The normalized spacial score (nSPS) is 58.3. The zero-order valence-electron chi connectivity index (χ0n) is 18.4. The first-order chi connectivity index (χ1) is 14.4. The summed E-state index contributed by atoms with van der Waals surface area (Å²) in [6.07, 6.45) is 10.3. The molecule has 4 nitrogen and oxygen atoms in total. The predicted octanol–water partition coefficient (Wildman–Crippen LogP) is 4.11. The van der Waals surface area contributed by atoms with Crippen LogP contribution in [0.3, 0.4) is 0 Å². The minimum absolute atomic E-state index is 0.0373. The lowest BCUT2D eigenvalue weighted by molar-refractivity contribution is -0.162. The van der Waals surface area contributed by atoms with Gasteiger partial charge in [0.15, 0.2) is 12.1 Å². The standard InChI is InChI=1S/C26H36O4/c1-24-6-3-14(27)11-19(24)15-12-16(15)22-18(24)4-7-25(2)23(22)17-13-20(17)26(25,28)8-5-21-29-9-10-30-21/h11,15-18,20-23,28H,3-10,12-13H2,1-2H3/t15-,16+,17?,18?,20+,22?,23?,24-,25+,26+/m1/s1. The first-order valence-corrected chi connectivity index (χ1v) is 12.6. The van der Waals surface area contributed by atoms with Gasteiger partial charge in [-0.2, -0.15) is 0 Å². The van der Waals surface area contributed by atoms with Gasteiger partial charge >= 0.3 is 0 Å². The number of carbonyl (C=O) groups excluding carboxylic acids is 1. The van der Waals surface area contributed by atoms with Gasteiger partial charge in [-0.3, -0.25) is 4.79 Å². The van der Waals surface area contributed by atoms with Crippen molar-refractivity contribution in [2.75, 3.05) is 13.2 Å². The highest BCUT2D eigenvalue weighted by Crippen LogP contribution is 2.81. The number of ether oxygens (including phenoxy) is 2. The van der Waals surface area contributed by atoms with Crippen molar-refractivity contribution >= 4 is 5.78 Å². The summed E-state index contributed by atoms with van der Waals surface area (Å²) in [6, 6.07) is 0. The first-order valence-electron chi connectivity index (χ1n) is 12.6. The summed E-state index contributed by atoms with van der Waals surface area (Å²) in [5.74, 6) is 5.14. The van der Waals surface area contributed by atoms with Gasteiger partial charge in [-0.25, -0.2) is 0 Å². The molecule has 0 bridgehead atoms. The average molecular weight is 413 g/mol. The van der Waals surface area contributed by atoms with E-state index in [1.807, 2.05) is 0 Å². The van der Waals surface area contributed by atoms with Crippen molar-refractivity contribution in [3.63, 3.8) is 0 Å². The van der Waals surface area contributed by atoms with Gasteiger partial charge in [-0.1, -0.05) is 19.4 Å². The number of carbonyl (C=O) groups is 1. The van der Waals surface area contributed by atoms with E-state index < -0.39 is 5.60 Å². The molecule has 4 unspecified atom stereocenters. The smallest absolute Gasteiger partial charge is 0.157 e. The van der Waals surface area contributed by atoms with Crippen LogP contribution in [0.1, 0.15) is 65.2 Å². The van der Waals surface area contributed by atoms with Crippen molar-refractivity contribution in [1.29, 1.82) is 0 Å². The monoisotopic (exact) mass is 412 g/mol. The number of hydrogen-bond acceptors (Lipinski definition) is 4. The second-order valence-electron chi connectivity index (χ2n) is 12.3. The lowest BCUT2D eigenvalue weighted by Crippen LogP contribution is -2.57. The molecule has 1 N–H and O–H groups in total. The Balaban J connectivity index is 1.22. The highest BCUT2D eigenvalue weighted by Gasteiger charge is 2.78. The maximum atomic E-state index is 12.2. The third kappa shape index (κ3) is 2.17. The minimum atomic E-state index is -0.549. The lowest BCUT2D eigenvalue weighted by Gasteiger charge is -2.60. The Morgan fingerprint density at radius 3 is 2.70 bits per heavy atom. The lowest BCUT2D eigenvalue weighted by atomic mass is 9.45. The van der Waals surface area contributed by atoms with Crippen molar-refractivity contribution in [2.45, 2.75) is 77.1 Å². The Bertz CT molecular complexity index is 829. The molecule has 1 saturated heterocycles. The maximum Gasteiger partial charge on any atom is 0.157 e. The third-order valence-corrected chi connectivity index (χ3v) is 11.4. The van der Waals surface area contributed by atoms with Gasteiger partial charge < -0.3 is 14.6 Å². The second kappa shape index (κ2) is 5.80. The molecule has 5 saturated carbocycles. The van der Waals surface area contributed by atoms with E-state index in [0.29, 0.717) is 42.7 Å². The summed E-state index contributed by atoms with van der Waals surface area (Å²) in [5, 5.41) is 12.2. The van der Waals surface area contributed by atoms with Crippen molar-refractivity contribution in [3.8, 4) is 0 Å². The van der Waals surface area contributed by atoms with E-state index in [2.05, 4.69) is 19.9 Å². The maximum absolute atomic E-state index is 12.2. The summed E-state index contributed by atoms with van der Waals surface area (Å²) < 4.78 is 11.4. The van der Waals surface area contributed by atoms with Crippen LogP contribution in [0, 0.1) is 52.3 Å². The second-order valence-corrected chi connectivity index (χ2v) is 12.3. The summed E-state index contributed by atoms with van der Waals surface area (Å²) in [5.41, 5.74) is 1.24. The van der Waals surface area contributed by atoms with Gasteiger partial charge in [0, 0.05) is 12.8 Å². The predicted molar refractivity (Wildman–Crippen MR) is 111 cm³/mol. The fourth-order valence-corrected chi connectivity index (χ4v) is 9.89. The van der Waals surface area contributed by atoms with Gasteiger partial charge in [0.05, 0.1) is 18.8 Å². The molecule has 0 amide bonds.